The monoisotopic (exact) mass is 235 g/mol. The molecule has 0 spiro atoms. The van der Waals surface area contributed by atoms with Crippen molar-refractivity contribution in [2.24, 2.45) is 10.2 Å². The van der Waals surface area contributed by atoms with Crippen molar-refractivity contribution in [3.63, 3.8) is 0 Å². The van der Waals surface area contributed by atoms with E-state index in [0.29, 0.717) is 5.69 Å². The SMILES string of the molecule is CC/C(O)=C(\N=Nc1ccncc1)C(=O)OC. The molecule has 6 nitrogen and oxygen atoms in total. The van der Waals surface area contributed by atoms with Gasteiger partial charge in [-0.05, 0) is 12.1 Å². The van der Waals surface area contributed by atoms with E-state index in [4.69, 9.17) is 0 Å². The first kappa shape index (κ1) is 12.8. The molecule has 0 atom stereocenters. The topological polar surface area (TPSA) is 84.1 Å². The van der Waals surface area contributed by atoms with E-state index in [1.807, 2.05) is 0 Å². The molecule has 0 aliphatic heterocycles. The summed E-state index contributed by atoms with van der Waals surface area (Å²) < 4.78 is 4.50. The van der Waals surface area contributed by atoms with Gasteiger partial charge in [0.05, 0.1) is 12.8 Å². The van der Waals surface area contributed by atoms with E-state index < -0.39 is 5.97 Å². The molecule has 0 amide bonds. The molecule has 0 bridgehead atoms. The summed E-state index contributed by atoms with van der Waals surface area (Å²) in [4.78, 5) is 15.1. The van der Waals surface area contributed by atoms with Crippen LogP contribution >= 0.6 is 0 Å². The zero-order valence-electron chi connectivity index (χ0n) is 9.62. The molecule has 1 aromatic heterocycles. The van der Waals surface area contributed by atoms with Crippen molar-refractivity contribution in [3.8, 4) is 0 Å². The molecule has 0 saturated carbocycles. The molecule has 0 fully saturated rings. The number of aromatic nitrogens is 1. The first-order chi connectivity index (χ1) is 8.19. The highest BCUT2D eigenvalue weighted by atomic mass is 16.5. The van der Waals surface area contributed by atoms with E-state index in [-0.39, 0.29) is 17.9 Å². The van der Waals surface area contributed by atoms with E-state index in [1.54, 1.807) is 31.5 Å². The quantitative estimate of drug-likeness (QED) is 0.376. The van der Waals surface area contributed by atoms with Gasteiger partial charge < -0.3 is 9.84 Å². The van der Waals surface area contributed by atoms with Gasteiger partial charge in [-0.1, -0.05) is 6.92 Å². The third kappa shape index (κ3) is 3.67. The highest BCUT2D eigenvalue weighted by Gasteiger charge is 2.14. The molecule has 0 saturated heterocycles. The van der Waals surface area contributed by atoms with Gasteiger partial charge in [-0.2, -0.15) is 5.11 Å². The van der Waals surface area contributed by atoms with E-state index in [9.17, 15) is 9.90 Å². The number of aliphatic hydroxyl groups excluding tert-OH is 1. The molecule has 0 radical (unpaired) electrons. The van der Waals surface area contributed by atoms with Crippen molar-refractivity contribution >= 4 is 11.7 Å². The lowest BCUT2D eigenvalue weighted by Gasteiger charge is -2.01. The van der Waals surface area contributed by atoms with Gasteiger partial charge in [0.15, 0.2) is 0 Å². The number of allylic oxidation sites excluding steroid dienone is 1. The lowest BCUT2D eigenvalue weighted by molar-refractivity contribution is -0.136. The van der Waals surface area contributed by atoms with Crippen LogP contribution in [0, 0.1) is 0 Å². The van der Waals surface area contributed by atoms with Crippen molar-refractivity contribution in [3.05, 3.63) is 36.0 Å². The normalized spacial score (nSPS) is 12.4. The maximum absolute atomic E-state index is 11.3. The molecule has 1 rings (SSSR count). The summed E-state index contributed by atoms with van der Waals surface area (Å²) in [6.07, 6.45) is 3.38. The summed E-state index contributed by atoms with van der Waals surface area (Å²) in [5.74, 6) is -0.878. The molecule has 1 N–H and O–H groups in total. The number of pyridine rings is 1. The molecule has 90 valence electrons. The van der Waals surface area contributed by atoms with E-state index >= 15 is 0 Å². The Labute approximate surface area is 98.7 Å². The fraction of sp³-hybridized carbons (Fsp3) is 0.273. The van der Waals surface area contributed by atoms with E-state index in [2.05, 4.69) is 19.9 Å². The average molecular weight is 235 g/mol. The van der Waals surface area contributed by atoms with Gasteiger partial charge in [-0.3, -0.25) is 4.98 Å². The zero-order chi connectivity index (χ0) is 12.7. The molecule has 17 heavy (non-hydrogen) atoms. The molecule has 0 aromatic carbocycles. The molecule has 0 unspecified atom stereocenters. The predicted molar refractivity (Wildman–Crippen MR) is 60.7 cm³/mol. The lowest BCUT2D eigenvalue weighted by atomic mass is 10.3. The maximum Gasteiger partial charge on any atom is 0.362 e. The fourth-order valence-corrected chi connectivity index (χ4v) is 0.999. The number of rotatable bonds is 4. The molecule has 0 aliphatic carbocycles. The maximum atomic E-state index is 11.3. The van der Waals surface area contributed by atoms with Crippen LogP contribution in [0.5, 0.6) is 0 Å². The smallest absolute Gasteiger partial charge is 0.362 e. The van der Waals surface area contributed by atoms with Gasteiger partial charge in [-0.15, -0.1) is 5.11 Å². The van der Waals surface area contributed by atoms with Crippen LogP contribution < -0.4 is 0 Å². The van der Waals surface area contributed by atoms with Crippen molar-refractivity contribution in [2.75, 3.05) is 7.11 Å². The third-order valence-corrected chi connectivity index (χ3v) is 1.92. The Morgan fingerprint density at radius 3 is 2.65 bits per heavy atom. The number of aliphatic hydroxyl groups is 1. The standard InChI is InChI=1S/C11H13N3O3/c1-3-9(15)10(11(16)17-2)14-13-8-4-6-12-7-5-8/h4-7,15H,3H2,1-2H3/b10-9+,14-13?. The number of carbonyl (C=O) groups excluding carboxylic acids is 1. The van der Waals surface area contributed by atoms with Gasteiger partial charge in [0.1, 0.15) is 5.76 Å². The largest absolute Gasteiger partial charge is 0.510 e. The number of hydrogen-bond donors (Lipinski definition) is 1. The second kappa shape index (κ2) is 6.37. The minimum atomic E-state index is -0.720. The second-order valence-electron chi connectivity index (χ2n) is 3.05. The Bertz CT molecular complexity index is 441. The van der Waals surface area contributed by atoms with Gasteiger partial charge >= 0.3 is 5.97 Å². The molecular weight excluding hydrogens is 222 g/mol. The number of hydrogen-bond acceptors (Lipinski definition) is 6. The number of ether oxygens (including phenoxy) is 1. The van der Waals surface area contributed by atoms with Crippen molar-refractivity contribution in [1.29, 1.82) is 0 Å². The summed E-state index contributed by atoms with van der Waals surface area (Å²) >= 11 is 0. The molecular formula is C11H13N3O3. The summed E-state index contributed by atoms with van der Waals surface area (Å²) in [6.45, 7) is 1.69. The molecule has 1 aromatic rings. The number of azo groups is 1. The Kier molecular flexibility index (Phi) is 4.80. The first-order valence-corrected chi connectivity index (χ1v) is 5.01. The van der Waals surface area contributed by atoms with Gasteiger partial charge in [-0.25, -0.2) is 4.79 Å². The van der Waals surface area contributed by atoms with Crippen molar-refractivity contribution in [2.45, 2.75) is 13.3 Å². The number of carbonyl (C=O) groups is 1. The van der Waals surface area contributed by atoms with Crippen LogP contribution in [0.2, 0.25) is 0 Å². The average Bonchev–Trinajstić information content (AvgIpc) is 2.39. The summed E-state index contributed by atoms with van der Waals surface area (Å²) in [7, 11) is 1.22. The minimum Gasteiger partial charge on any atom is -0.510 e. The minimum absolute atomic E-state index is 0.158. The zero-order valence-corrected chi connectivity index (χ0v) is 9.62. The Morgan fingerprint density at radius 1 is 1.47 bits per heavy atom. The molecule has 6 heteroatoms. The fourth-order valence-electron chi connectivity index (χ4n) is 0.999. The predicted octanol–water partition coefficient (Wildman–Crippen LogP) is 2.52. The first-order valence-electron chi connectivity index (χ1n) is 5.01. The second-order valence-corrected chi connectivity index (χ2v) is 3.05. The Hall–Kier alpha value is -2.24. The molecule has 0 aliphatic rings. The van der Waals surface area contributed by atoms with Crippen LogP contribution in [-0.4, -0.2) is 23.2 Å². The number of methoxy groups -OCH3 is 1. The number of nitrogens with zero attached hydrogens (tertiary/aromatic N) is 3. The van der Waals surface area contributed by atoms with Crippen LogP contribution in [-0.2, 0) is 9.53 Å². The van der Waals surface area contributed by atoms with Gasteiger partial charge in [0, 0.05) is 18.8 Å². The summed E-state index contributed by atoms with van der Waals surface area (Å²) in [5.41, 5.74) is 0.345. The molecule has 1 heterocycles. The van der Waals surface area contributed by atoms with Crippen molar-refractivity contribution < 1.29 is 14.6 Å². The van der Waals surface area contributed by atoms with Crippen LogP contribution in [0.1, 0.15) is 13.3 Å². The van der Waals surface area contributed by atoms with E-state index in [0.717, 1.165) is 0 Å². The van der Waals surface area contributed by atoms with Crippen molar-refractivity contribution in [1.82, 2.24) is 4.98 Å². The number of esters is 1. The van der Waals surface area contributed by atoms with Gasteiger partial charge in [0.2, 0.25) is 5.70 Å². The van der Waals surface area contributed by atoms with Crippen LogP contribution in [0.3, 0.4) is 0 Å². The Morgan fingerprint density at radius 2 is 2.12 bits per heavy atom. The highest BCUT2D eigenvalue weighted by Crippen LogP contribution is 2.15. The van der Waals surface area contributed by atoms with Gasteiger partial charge in [0.25, 0.3) is 0 Å². The summed E-state index contributed by atoms with van der Waals surface area (Å²) in [5, 5.41) is 17.0. The summed E-state index contributed by atoms with van der Waals surface area (Å²) in [6, 6.07) is 3.25. The van der Waals surface area contributed by atoms with Crippen LogP contribution in [0.4, 0.5) is 5.69 Å². The highest BCUT2D eigenvalue weighted by molar-refractivity contribution is 5.88. The van der Waals surface area contributed by atoms with Crippen LogP contribution in [0.15, 0.2) is 46.2 Å². The lowest BCUT2D eigenvalue weighted by Crippen LogP contribution is -2.05. The Balaban J connectivity index is 2.96. The van der Waals surface area contributed by atoms with Crippen LogP contribution in [0.25, 0.3) is 0 Å². The van der Waals surface area contributed by atoms with E-state index in [1.165, 1.54) is 7.11 Å². The third-order valence-electron chi connectivity index (χ3n) is 1.92.